The number of urea groups is 1. The van der Waals surface area contributed by atoms with Crippen LogP contribution in [0.3, 0.4) is 0 Å². The van der Waals surface area contributed by atoms with E-state index in [4.69, 9.17) is 0 Å². The Hall–Kier alpha value is -1.97. The molecular weight excluding hydrogens is 250 g/mol. The molecule has 2 amide bonds. The molecule has 0 spiro atoms. The Kier molecular flexibility index (Phi) is 3.38. The normalized spacial score (nSPS) is 17.8. The number of amides is 2. The first-order chi connectivity index (χ1) is 9.67. The van der Waals surface area contributed by atoms with E-state index in [1.165, 1.54) is 27.7 Å². The van der Waals surface area contributed by atoms with Crippen molar-refractivity contribution in [2.45, 2.75) is 39.2 Å². The van der Waals surface area contributed by atoms with Gasteiger partial charge < -0.3 is 15.6 Å². The monoisotopic (exact) mass is 271 g/mol. The SMILES string of the molecule is CCNC(=O)NC1CCc2c([nH]c3ccc(C)cc23)C1. The number of rotatable bonds is 2. The lowest BCUT2D eigenvalue weighted by Gasteiger charge is -2.23. The van der Waals surface area contributed by atoms with E-state index in [-0.39, 0.29) is 12.1 Å². The number of H-pyrrole nitrogens is 1. The largest absolute Gasteiger partial charge is 0.358 e. The number of fused-ring (bicyclic) bond motifs is 3. The molecule has 1 heterocycles. The van der Waals surface area contributed by atoms with Gasteiger partial charge in [0.25, 0.3) is 0 Å². The number of carbonyl (C=O) groups excluding carboxylic acids is 1. The first-order valence-electron chi connectivity index (χ1n) is 7.32. The number of hydrogen-bond acceptors (Lipinski definition) is 1. The highest BCUT2D eigenvalue weighted by atomic mass is 16.2. The molecule has 4 nitrogen and oxygen atoms in total. The Morgan fingerprint density at radius 1 is 1.45 bits per heavy atom. The van der Waals surface area contributed by atoms with Crippen molar-refractivity contribution >= 4 is 16.9 Å². The fourth-order valence-electron chi connectivity index (χ4n) is 3.06. The molecule has 1 unspecified atom stereocenters. The summed E-state index contributed by atoms with van der Waals surface area (Å²) >= 11 is 0. The molecule has 3 rings (SSSR count). The summed E-state index contributed by atoms with van der Waals surface area (Å²) in [6, 6.07) is 6.70. The molecule has 0 radical (unpaired) electrons. The van der Waals surface area contributed by atoms with E-state index >= 15 is 0 Å². The molecule has 2 aromatic rings. The molecule has 3 N–H and O–H groups in total. The van der Waals surface area contributed by atoms with Gasteiger partial charge in [-0.05, 0) is 44.4 Å². The molecule has 0 fully saturated rings. The topological polar surface area (TPSA) is 56.9 Å². The number of aryl methyl sites for hydroxylation is 2. The molecule has 1 aliphatic rings. The third-order valence-electron chi connectivity index (χ3n) is 4.02. The summed E-state index contributed by atoms with van der Waals surface area (Å²) in [5.74, 6) is 0. The number of hydrogen-bond donors (Lipinski definition) is 3. The van der Waals surface area contributed by atoms with E-state index in [1.807, 2.05) is 6.92 Å². The summed E-state index contributed by atoms with van der Waals surface area (Å²) in [5.41, 5.74) is 5.21. The Balaban J connectivity index is 1.81. The molecule has 0 bridgehead atoms. The molecule has 20 heavy (non-hydrogen) atoms. The average molecular weight is 271 g/mol. The number of nitrogens with one attached hydrogen (secondary N) is 3. The van der Waals surface area contributed by atoms with E-state index in [0.717, 1.165) is 19.3 Å². The van der Waals surface area contributed by atoms with Gasteiger partial charge in [-0.3, -0.25) is 0 Å². The summed E-state index contributed by atoms with van der Waals surface area (Å²) in [7, 11) is 0. The van der Waals surface area contributed by atoms with Crippen molar-refractivity contribution in [2.75, 3.05) is 6.54 Å². The maximum Gasteiger partial charge on any atom is 0.315 e. The Labute approximate surface area is 118 Å². The van der Waals surface area contributed by atoms with Crippen LogP contribution in [-0.2, 0) is 12.8 Å². The molecule has 1 atom stereocenters. The Morgan fingerprint density at radius 3 is 3.10 bits per heavy atom. The van der Waals surface area contributed by atoms with Crippen molar-refractivity contribution in [3.05, 3.63) is 35.0 Å². The average Bonchev–Trinajstić information content (AvgIpc) is 2.76. The van der Waals surface area contributed by atoms with Crippen molar-refractivity contribution in [3.63, 3.8) is 0 Å². The van der Waals surface area contributed by atoms with E-state index in [1.54, 1.807) is 0 Å². The molecule has 1 aromatic heterocycles. The van der Waals surface area contributed by atoms with Crippen LogP contribution in [0.25, 0.3) is 10.9 Å². The van der Waals surface area contributed by atoms with Crippen molar-refractivity contribution in [1.82, 2.24) is 15.6 Å². The van der Waals surface area contributed by atoms with Crippen molar-refractivity contribution in [2.24, 2.45) is 0 Å². The zero-order valence-corrected chi connectivity index (χ0v) is 12.0. The molecule has 1 aliphatic carbocycles. The predicted molar refractivity (Wildman–Crippen MR) is 81.1 cm³/mol. The number of aromatic amines is 1. The maximum absolute atomic E-state index is 11.6. The van der Waals surface area contributed by atoms with Crippen LogP contribution >= 0.6 is 0 Å². The minimum Gasteiger partial charge on any atom is -0.358 e. The van der Waals surface area contributed by atoms with Crippen LogP contribution in [0.5, 0.6) is 0 Å². The number of aromatic nitrogens is 1. The third kappa shape index (κ3) is 2.38. The van der Waals surface area contributed by atoms with Gasteiger partial charge >= 0.3 is 6.03 Å². The second-order valence-electron chi connectivity index (χ2n) is 5.57. The van der Waals surface area contributed by atoms with Gasteiger partial charge in [-0.15, -0.1) is 0 Å². The highest BCUT2D eigenvalue weighted by molar-refractivity contribution is 5.85. The molecule has 4 heteroatoms. The molecule has 0 saturated carbocycles. The van der Waals surface area contributed by atoms with Crippen LogP contribution in [0.15, 0.2) is 18.2 Å². The fraction of sp³-hybridized carbons (Fsp3) is 0.438. The first kappa shape index (κ1) is 13.0. The van der Waals surface area contributed by atoms with Crippen LogP contribution in [0.1, 0.15) is 30.2 Å². The van der Waals surface area contributed by atoms with Gasteiger partial charge in [0, 0.05) is 35.6 Å². The summed E-state index contributed by atoms with van der Waals surface area (Å²) in [6.45, 7) is 4.72. The highest BCUT2D eigenvalue weighted by Gasteiger charge is 2.23. The second kappa shape index (κ2) is 5.19. The van der Waals surface area contributed by atoms with Gasteiger partial charge in [0.05, 0.1) is 0 Å². The smallest absolute Gasteiger partial charge is 0.315 e. The second-order valence-corrected chi connectivity index (χ2v) is 5.57. The van der Waals surface area contributed by atoms with E-state index in [9.17, 15) is 4.79 Å². The predicted octanol–water partition coefficient (Wildman–Crippen LogP) is 2.65. The lowest BCUT2D eigenvalue weighted by molar-refractivity contribution is 0.236. The van der Waals surface area contributed by atoms with E-state index in [2.05, 4.69) is 40.7 Å². The molecule has 1 aromatic carbocycles. The highest BCUT2D eigenvalue weighted by Crippen LogP contribution is 2.29. The molecule has 0 aliphatic heterocycles. The van der Waals surface area contributed by atoms with Crippen LogP contribution in [0, 0.1) is 6.92 Å². The van der Waals surface area contributed by atoms with E-state index < -0.39 is 0 Å². The van der Waals surface area contributed by atoms with Gasteiger partial charge in [0.15, 0.2) is 0 Å². The number of benzene rings is 1. The zero-order valence-electron chi connectivity index (χ0n) is 12.0. The van der Waals surface area contributed by atoms with Gasteiger partial charge in [0.2, 0.25) is 0 Å². The molecule has 0 saturated heterocycles. The lowest BCUT2D eigenvalue weighted by atomic mass is 9.91. The number of carbonyl (C=O) groups is 1. The summed E-state index contributed by atoms with van der Waals surface area (Å²) in [4.78, 5) is 15.1. The van der Waals surface area contributed by atoms with Crippen LogP contribution in [-0.4, -0.2) is 23.6 Å². The van der Waals surface area contributed by atoms with Crippen molar-refractivity contribution < 1.29 is 4.79 Å². The van der Waals surface area contributed by atoms with Gasteiger partial charge in [-0.2, -0.15) is 0 Å². The standard InChI is InChI=1S/C16H21N3O/c1-3-17-16(20)18-11-5-6-12-13-8-10(2)4-7-14(13)19-15(12)9-11/h4,7-8,11,19H,3,5-6,9H2,1-2H3,(H2,17,18,20). The van der Waals surface area contributed by atoms with Crippen molar-refractivity contribution in [3.8, 4) is 0 Å². The van der Waals surface area contributed by atoms with Crippen LogP contribution < -0.4 is 10.6 Å². The van der Waals surface area contributed by atoms with Gasteiger partial charge in [-0.25, -0.2) is 4.79 Å². The summed E-state index contributed by atoms with van der Waals surface area (Å²) in [5, 5.41) is 7.18. The maximum atomic E-state index is 11.6. The Bertz CT molecular complexity index is 644. The van der Waals surface area contributed by atoms with Crippen LogP contribution in [0.2, 0.25) is 0 Å². The first-order valence-corrected chi connectivity index (χ1v) is 7.32. The Morgan fingerprint density at radius 2 is 2.30 bits per heavy atom. The summed E-state index contributed by atoms with van der Waals surface area (Å²) < 4.78 is 0. The fourth-order valence-corrected chi connectivity index (χ4v) is 3.06. The third-order valence-corrected chi connectivity index (χ3v) is 4.02. The quantitative estimate of drug-likeness (QED) is 0.772. The molecule has 106 valence electrons. The van der Waals surface area contributed by atoms with Gasteiger partial charge in [-0.1, -0.05) is 11.6 Å². The minimum atomic E-state index is -0.0621. The summed E-state index contributed by atoms with van der Waals surface area (Å²) in [6.07, 6.45) is 2.92. The van der Waals surface area contributed by atoms with E-state index in [0.29, 0.717) is 6.54 Å². The minimum absolute atomic E-state index is 0.0621. The van der Waals surface area contributed by atoms with Crippen molar-refractivity contribution in [1.29, 1.82) is 0 Å². The van der Waals surface area contributed by atoms with Gasteiger partial charge in [0.1, 0.15) is 0 Å². The molecular formula is C16H21N3O. The van der Waals surface area contributed by atoms with Crippen LogP contribution in [0.4, 0.5) is 4.79 Å². The zero-order chi connectivity index (χ0) is 14.1. The lowest BCUT2D eigenvalue weighted by Crippen LogP contribution is -2.44.